The molecule has 0 bridgehead atoms. The molecule has 4 nitrogen and oxygen atoms in total. The lowest BCUT2D eigenvalue weighted by Gasteiger charge is -2.04. The average molecular weight is 327 g/mol. The van der Waals surface area contributed by atoms with Gasteiger partial charge in [-0.25, -0.2) is 0 Å². The van der Waals surface area contributed by atoms with Crippen LogP contribution >= 0.6 is 0 Å². The van der Waals surface area contributed by atoms with Crippen LogP contribution in [0.25, 0.3) is 22.0 Å². The maximum Gasteiger partial charge on any atom is 0.273 e. The number of carbonyl (C=O) groups excluding carboxylic acids is 1. The zero-order valence-corrected chi connectivity index (χ0v) is 13.8. The third kappa shape index (κ3) is 3.02. The molecule has 122 valence electrons. The second kappa shape index (κ2) is 6.24. The third-order valence-electron chi connectivity index (χ3n) is 4.20. The molecular formula is C21H17N3O. The van der Waals surface area contributed by atoms with Crippen LogP contribution in [0.1, 0.15) is 16.1 Å². The molecule has 2 N–H and O–H groups in total. The zero-order chi connectivity index (χ0) is 17.2. The Labute approximate surface area is 145 Å². The summed E-state index contributed by atoms with van der Waals surface area (Å²) in [5.74, 6) is -0.206. The third-order valence-corrected chi connectivity index (χ3v) is 4.20. The summed E-state index contributed by atoms with van der Waals surface area (Å²) in [7, 11) is 0. The number of rotatable bonds is 3. The molecule has 25 heavy (non-hydrogen) atoms. The first-order valence-corrected chi connectivity index (χ1v) is 8.12. The van der Waals surface area contributed by atoms with Crippen LogP contribution in [0.2, 0.25) is 0 Å². The molecule has 0 unspecified atom stereocenters. The van der Waals surface area contributed by atoms with Gasteiger partial charge in [0.05, 0.1) is 5.69 Å². The summed E-state index contributed by atoms with van der Waals surface area (Å²) in [5, 5.41) is 12.3. The molecule has 0 aliphatic heterocycles. The molecule has 4 rings (SSSR count). The predicted molar refractivity (Wildman–Crippen MR) is 101 cm³/mol. The van der Waals surface area contributed by atoms with E-state index in [0.717, 1.165) is 33.3 Å². The molecule has 0 spiro atoms. The van der Waals surface area contributed by atoms with Crippen molar-refractivity contribution >= 4 is 22.4 Å². The lowest BCUT2D eigenvalue weighted by Crippen LogP contribution is -2.12. The van der Waals surface area contributed by atoms with Gasteiger partial charge in [-0.3, -0.25) is 9.89 Å². The highest BCUT2D eigenvalue weighted by molar-refractivity contribution is 6.04. The van der Waals surface area contributed by atoms with Crippen LogP contribution in [0.15, 0.2) is 72.8 Å². The first-order valence-electron chi connectivity index (χ1n) is 8.12. The van der Waals surface area contributed by atoms with Crippen LogP contribution in [0, 0.1) is 6.92 Å². The van der Waals surface area contributed by atoms with Crippen molar-refractivity contribution in [1.82, 2.24) is 10.2 Å². The van der Waals surface area contributed by atoms with Gasteiger partial charge in [0.1, 0.15) is 5.69 Å². The molecule has 1 heterocycles. The second-order valence-corrected chi connectivity index (χ2v) is 6.01. The second-order valence-electron chi connectivity index (χ2n) is 6.01. The van der Waals surface area contributed by atoms with Crippen molar-refractivity contribution in [3.8, 4) is 11.3 Å². The quantitative estimate of drug-likeness (QED) is 0.568. The minimum absolute atomic E-state index is 0.206. The van der Waals surface area contributed by atoms with E-state index in [2.05, 4.69) is 33.7 Å². The molecule has 4 aromatic rings. The number of hydrogen-bond acceptors (Lipinski definition) is 2. The first kappa shape index (κ1) is 15.1. The van der Waals surface area contributed by atoms with Crippen LogP contribution in [0.4, 0.5) is 5.69 Å². The number of fused-ring (bicyclic) bond motifs is 1. The number of aromatic nitrogens is 2. The van der Waals surface area contributed by atoms with E-state index in [9.17, 15) is 4.79 Å². The Morgan fingerprint density at radius 2 is 1.72 bits per heavy atom. The summed E-state index contributed by atoms with van der Waals surface area (Å²) in [5.41, 5.74) is 4.10. The van der Waals surface area contributed by atoms with Gasteiger partial charge < -0.3 is 5.32 Å². The van der Waals surface area contributed by atoms with Gasteiger partial charge in [0, 0.05) is 11.3 Å². The number of aromatic amines is 1. The summed E-state index contributed by atoms with van der Waals surface area (Å²) in [6.45, 7) is 2.01. The van der Waals surface area contributed by atoms with Crippen LogP contribution < -0.4 is 5.32 Å². The summed E-state index contributed by atoms with van der Waals surface area (Å²) >= 11 is 0. The number of nitrogens with zero attached hydrogens (tertiary/aromatic N) is 1. The Hall–Kier alpha value is -3.40. The van der Waals surface area contributed by atoms with Crippen molar-refractivity contribution < 1.29 is 4.79 Å². The number of anilines is 1. The highest BCUT2D eigenvalue weighted by Crippen LogP contribution is 2.27. The van der Waals surface area contributed by atoms with Crippen LogP contribution in [-0.2, 0) is 0 Å². The minimum atomic E-state index is -0.206. The number of amides is 1. The summed E-state index contributed by atoms with van der Waals surface area (Å²) in [6, 6.07) is 23.7. The van der Waals surface area contributed by atoms with Crippen LogP contribution in [0.5, 0.6) is 0 Å². The minimum Gasteiger partial charge on any atom is -0.321 e. The Balaban J connectivity index is 1.63. The Morgan fingerprint density at radius 3 is 2.56 bits per heavy atom. The van der Waals surface area contributed by atoms with E-state index in [1.165, 1.54) is 0 Å². The molecule has 0 radical (unpaired) electrons. The standard InChI is InChI=1S/C21H17N3O/c1-14-9-11-16(12-10-14)22-21(25)20-13-19(23-24-20)18-8-4-6-15-5-2-3-7-17(15)18/h2-13H,1H3,(H,22,25)(H,23,24). The Morgan fingerprint density at radius 1 is 0.960 bits per heavy atom. The van der Waals surface area contributed by atoms with Crippen molar-refractivity contribution in [1.29, 1.82) is 0 Å². The molecule has 0 saturated heterocycles. The molecule has 4 heteroatoms. The summed E-state index contributed by atoms with van der Waals surface area (Å²) in [6.07, 6.45) is 0. The topological polar surface area (TPSA) is 57.8 Å². The van der Waals surface area contributed by atoms with Crippen molar-refractivity contribution in [2.24, 2.45) is 0 Å². The highest BCUT2D eigenvalue weighted by Gasteiger charge is 2.13. The van der Waals surface area contributed by atoms with E-state index in [0.29, 0.717) is 5.69 Å². The van der Waals surface area contributed by atoms with Gasteiger partial charge in [-0.1, -0.05) is 60.2 Å². The van der Waals surface area contributed by atoms with Gasteiger partial charge in [-0.15, -0.1) is 0 Å². The molecule has 0 saturated carbocycles. The maximum atomic E-state index is 12.4. The number of H-pyrrole nitrogens is 1. The number of benzene rings is 3. The highest BCUT2D eigenvalue weighted by atomic mass is 16.1. The molecule has 0 atom stereocenters. The number of aryl methyl sites for hydroxylation is 1. The van der Waals surface area contributed by atoms with E-state index in [4.69, 9.17) is 0 Å². The monoisotopic (exact) mass is 327 g/mol. The fourth-order valence-electron chi connectivity index (χ4n) is 2.86. The van der Waals surface area contributed by atoms with Crippen molar-refractivity contribution in [3.63, 3.8) is 0 Å². The first-order chi connectivity index (χ1) is 12.2. The van der Waals surface area contributed by atoms with Gasteiger partial charge in [0.25, 0.3) is 5.91 Å². The molecule has 0 aliphatic carbocycles. The fourth-order valence-corrected chi connectivity index (χ4v) is 2.86. The molecule has 3 aromatic carbocycles. The average Bonchev–Trinajstić information content (AvgIpc) is 3.13. The number of nitrogens with one attached hydrogen (secondary N) is 2. The predicted octanol–water partition coefficient (Wildman–Crippen LogP) is 4.79. The number of hydrogen-bond donors (Lipinski definition) is 2. The lowest BCUT2D eigenvalue weighted by atomic mass is 10.0. The van der Waals surface area contributed by atoms with Crippen molar-refractivity contribution in [2.75, 3.05) is 5.32 Å². The van der Waals surface area contributed by atoms with Gasteiger partial charge >= 0.3 is 0 Å². The molecule has 0 aliphatic rings. The molecule has 0 fully saturated rings. The zero-order valence-electron chi connectivity index (χ0n) is 13.8. The van der Waals surface area contributed by atoms with Gasteiger partial charge in [0.15, 0.2) is 0 Å². The smallest absolute Gasteiger partial charge is 0.273 e. The normalized spacial score (nSPS) is 10.8. The molecular weight excluding hydrogens is 310 g/mol. The van der Waals surface area contributed by atoms with Crippen molar-refractivity contribution in [2.45, 2.75) is 6.92 Å². The molecule has 1 aromatic heterocycles. The maximum absolute atomic E-state index is 12.4. The largest absolute Gasteiger partial charge is 0.321 e. The van der Waals surface area contributed by atoms with Gasteiger partial charge in [-0.05, 0) is 35.9 Å². The van der Waals surface area contributed by atoms with E-state index in [1.54, 1.807) is 6.07 Å². The van der Waals surface area contributed by atoms with E-state index < -0.39 is 0 Å². The summed E-state index contributed by atoms with van der Waals surface area (Å²) < 4.78 is 0. The van der Waals surface area contributed by atoms with E-state index >= 15 is 0 Å². The van der Waals surface area contributed by atoms with E-state index in [1.807, 2.05) is 55.5 Å². The summed E-state index contributed by atoms with van der Waals surface area (Å²) in [4.78, 5) is 12.4. The van der Waals surface area contributed by atoms with Gasteiger partial charge in [-0.2, -0.15) is 5.10 Å². The Kier molecular flexibility index (Phi) is 3.78. The fraction of sp³-hybridized carbons (Fsp3) is 0.0476. The SMILES string of the molecule is Cc1ccc(NC(=O)c2cc(-c3cccc4ccccc34)n[nH]2)cc1. The van der Waals surface area contributed by atoms with Gasteiger partial charge in [0.2, 0.25) is 0 Å². The van der Waals surface area contributed by atoms with Crippen LogP contribution in [0.3, 0.4) is 0 Å². The lowest BCUT2D eigenvalue weighted by molar-refractivity contribution is 0.102. The Bertz CT molecular complexity index is 1040. The van der Waals surface area contributed by atoms with E-state index in [-0.39, 0.29) is 5.91 Å². The van der Waals surface area contributed by atoms with Crippen molar-refractivity contribution in [3.05, 3.63) is 84.1 Å². The number of carbonyl (C=O) groups is 1. The van der Waals surface area contributed by atoms with Crippen LogP contribution in [-0.4, -0.2) is 16.1 Å². The molecule has 1 amide bonds.